The average molecular weight is 267 g/mol. The van der Waals surface area contributed by atoms with Crippen molar-refractivity contribution >= 4 is 22.5 Å². The molecule has 20 heavy (non-hydrogen) atoms. The maximum Gasteiger partial charge on any atom is 0.229 e. The van der Waals surface area contributed by atoms with Crippen LogP contribution in [0.25, 0.3) is 22.6 Å². The van der Waals surface area contributed by atoms with Gasteiger partial charge in [-0.05, 0) is 42.8 Å². The molecular formula is C16H17N3O. The van der Waals surface area contributed by atoms with E-state index in [0.29, 0.717) is 11.6 Å². The minimum absolute atomic E-state index is 0.562. The SMILES string of the molecule is Cc1ccc2oc(-c3cc(N(C)C)ccc3N)nc2c1. The van der Waals surface area contributed by atoms with Gasteiger partial charge in [0.1, 0.15) is 5.52 Å². The molecule has 0 aliphatic heterocycles. The maximum atomic E-state index is 6.05. The van der Waals surface area contributed by atoms with Crippen molar-refractivity contribution in [2.75, 3.05) is 24.7 Å². The zero-order valence-corrected chi connectivity index (χ0v) is 11.8. The van der Waals surface area contributed by atoms with Gasteiger partial charge >= 0.3 is 0 Å². The molecule has 0 atom stereocenters. The molecule has 0 spiro atoms. The number of rotatable bonds is 2. The van der Waals surface area contributed by atoms with Crippen LogP contribution in [0.1, 0.15) is 5.56 Å². The second-order valence-electron chi connectivity index (χ2n) is 5.16. The first-order chi connectivity index (χ1) is 9.54. The maximum absolute atomic E-state index is 6.05. The van der Waals surface area contributed by atoms with E-state index in [1.807, 2.05) is 62.3 Å². The highest BCUT2D eigenvalue weighted by atomic mass is 16.3. The Morgan fingerprint density at radius 3 is 2.65 bits per heavy atom. The molecule has 2 aromatic carbocycles. The predicted molar refractivity (Wildman–Crippen MR) is 82.9 cm³/mol. The lowest BCUT2D eigenvalue weighted by Gasteiger charge is -2.13. The molecule has 0 aliphatic carbocycles. The monoisotopic (exact) mass is 267 g/mol. The summed E-state index contributed by atoms with van der Waals surface area (Å²) in [6.45, 7) is 2.04. The second kappa shape index (κ2) is 4.56. The van der Waals surface area contributed by atoms with Gasteiger partial charge < -0.3 is 15.1 Å². The summed E-state index contributed by atoms with van der Waals surface area (Å²) < 4.78 is 5.82. The number of anilines is 2. The van der Waals surface area contributed by atoms with Crippen LogP contribution in [0.5, 0.6) is 0 Å². The summed E-state index contributed by atoms with van der Waals surface area (Å²) in [7, 11) is 3.98. The third-order valence-corrected chi connectivity index (χ3v) is 3.33. The van der Waals surface area contributed by atoms with Crippen molar-refractivity contribution in [2.24, 2.45) is 0 Å². The van der Waals surface area contributed by atoms with Crippen LogP contribution in [-0.2, 0) is 0 Å². The topological polar surface area (TPSA) is 55.3 Å². The number of hydrogen-bond donors (Lipinski definition) is 1. The molecule has 3 aromatic rings. The Labute approximate surface area is 117 Å². The molecule has 0 amide bonds. The van der Waals surface area contributed by atoms with Gasteiger partial charge in [0.2, 0.25) is 5.89 Å². The third-order valence-electron chi connectivity index (χ3n) is 3.33. The molecule has 0 saturated carbocycles. The van der Waals surface area contributed by atoms with Gasteiger partial charge in [0, 0.05) is 25.5 Å². The van der Waals surface area contributed by atoms with Gasteiger partial charge in [-0.1, -0.05) is 6.07 Å². The van der Waals surface area contributed by atoms with Crippen molar-refractivity contribution in [2.45, 2.75) is 6.92 Å². The lowest BCUT2D eigenvalue weighted by atomic mass is 10.1. The van der Waals surface area contributed by atoms with Gasteiger partial charge in [-0.15, -0.1) is 0 Å². The molecule has 0 radical (unpaired) electrons. The zero-order valence-electron chi connectivity index (χ0n) is 11.8. The van der Waals surface area contributed by atoms with Crippen molar-refractivity contribution in [1.29, 1.82) is 0 Å². The molecule has 3 rings (SSSR count). The van der Waals surface area contributed by atoms with Crippen LogP contribution in [0.3, 0.4) is 0 Å². The summed E-state index contributed by atoms with van der Waals surface area (Å²) in [5.41, 5.74) is 11.4. The van der Waals surface area contributed by atoms with Crippen LogP contribution in [0.4, 0.5) is 11.4 Å². The van der Waals surface area contributed by atoms with Crippen LogP contribution >= 0.6 is 0 Å². The molecule has 102 valence electrons. The number of aromatic nitrogens is 1. The van der Waals surface area contributed by atoms with Gasteiger partial charge in [0.05, 0.1) is 5.56 Å². The van der Waals surface area contributed by atoms with Gasteiger partial charge in [0.15, 0.2) is 5.58 Å². The summed E-state index contributed by atoms with van der Waals surface area (Å²) in [4.78, 5) is 6.56. The van der Waals surface area contributed by atoms with Crippen molar-refractivity contribution in [3.05, 3.63) is 42.0 Å². The molecule has 4 nitrogen and oxygen atoms in total. The number of nitrogen functional groups attached to an aromatic ring is 1. The van der Waals surface area contributed by atoms with Gasteiger partial charge in [-0.25, -0.2) is 4.98 Å². The van der Waals surface area contributed by atoms with E-state index in [1.54, 1.807) is 0 Å². The predicted octanol–water partition coefficient (Wildman–Crippen LogP) is 3.45. The summed E-state index contributed by atoms with van der Waals surface area (Å²) >= 11 is 0. The van der Waals surface area contributed by atoms with Crippen LogP contribution in [0, 0.1) is 6.92 Å². The molecule has 1 heterocycles. The minimum atomic E-state index is 0.562. The Hall–Kier alpha value is -2.49. The Morgan fingerprint density at radius 1 is 1.10 bits per heavy atom. The minimum Gasteiger partial charge on any atom is -0.436 e. The van der Waals surface area contributed by atoms with Gasteiger partial charge in [0.25, 0.3) is 0 Å². The van der Waals surface area contributed by atoms with Crippen LogP contribution < -0.4 is 10.6 Å². The van der Waals surface area contributed by atoms with Crippen molar-refractivity contribution in [1.82, 2.24) is 4.98 Å². The van der Waals surface area contributed by atoms with Crippen LogP contribution in [0.15, 0.2) is 40.8 Å². The van der Waals surface area contributed by atoms with E-state index in [1.165, 1.54) is 0 Å². The zero-order chi connectivity index (χ0) is 14.3. The number of oxazole rings is 1. The van der Waals surface area contributed by atoms with Crippen molar-refractivity contribution < 1.29 is 4.42 Å². The van der Waals surface area contributed by atoms with Gasteiger partial charge in [-0.2, -0.15) is 0 Å². The molecule has 0 saturated heterocycles. The summed E-state index contributed by atoms with van der Waals surface area (Å²) in [5.74, 6) is 0.562. The first kappa shape index (κ1) is 12.5. The highest BCUT2D eigenvalue weighted by Crippen LogP contribution is 2.31. The number of benzene rings is 2. The quantitative estimate of drug-likeness (QED) is 0.722. The number of nitrogens with two attached hydrogens (primary N) is 1. The standard InChI is InChI=1S/C16H17N3O/c1-10-4-7-15-14(8-10)18-16(20-15)12-9-11(19(2)3)5-6-13(12)17/h4-9H,17H2,1-3H3. The number of hydrogen-bond acceptors (Lipinski definition) is 4. The molecule has 2 N–H and O–H groups in total. The van der Waals surface area contributed by atoms with E-state index in [-0.39, 0.29) is 0 Å². The first-order valence-corrected chi connectivity index (χ1v) is 6.49. The fraction of sp³-hybridized carbons (Fsp3) is 0.188. The second-order valence-corrected chi connectivity index (χ2v) is 5.16. The smallest absolute Gasteiger partial charge is 0.229 e. The third kappa shape index (κ3) is 2.09. The fourth-order valence-corrected chi connectivity index (χ4v) is 2.16. The van der Waals surface area contributed by atoms with Crippen molar-refractivity contribution in [3.8, 4) is 11.5 Å². The molecule has 0 fully saturated rings. The Morgan fingerprint density at radius 2 is 1.90 bits per heavy atom. The Bertz CT molecular complexity index is 774. The Kier molecular flexibility index (Phi) is 2.86. The largest absolute Gasteiger partial charge is 0.436 e. The normalized spacial score (nSPS) is 10.9. The van der Waals surface area contributed by atoms with E-state index < -0.39 is 0 Å². The molecule has 0 aliphatic rings. The Balaban J connectivity index is 2.17. The lowest BCUT2D eigenvalue weighted by Crippen LogP contribution is -2.08. The molecule has 1 aromatic heterocycles. The summed E-state index contributed by atoms with van der Waals surface area (Å²) in [6, 6.07) is 11.8. The van der Waals surface area contributed by atoms with Crippen LogP contribution in [-0.4, -0.2) is 19.1 Å². The summed E-state index contributed by atoms with van der Waals surface area (Å²) in [6.07, 6.45) is 0. The highest BCUT2D eigenvalue weighted by molar-refractivity contribution is 5.81. The molecule has 0 unspecified atom stereocenters. The van der Waals surface area contributed by atoms with E-state index in [4.69, 9.17) is 10.2 Å². The van der Waals surface area contributed by atoms with Crippen molar-refractivity contribution in [3.63, 3.8) is 0 Å². The molecule has 0 bridgehead atoms. The van der Waals surface area contributed by atoms with Gasteiger partial charge in [-0.3, -0.25) is 0 Å². The average Bonchev–Trinajstić information content (AvgIpc) is 2.81. The van der Waals surface area contributed by atoms with Crippen LogP contribution in [0.2, 0.25) is 0 Å². The molecule has 4 heteroatoms. The fourth-order valence-electron chi connectivity index (χ4n) is 2.16. The molecular weight excluding hydrogens is 250 g/mol. The summed E-state index contributed by atoms with van der Waals surface area (Å²) in [5, 5.41) is 0. The lowest BCUT2D eigenvalue weighted by molar-refractivity contribution is 0.620. The first-order valence-electron chi connectivity index (χ1n) is 6.49. The van der Waals surface area contributed by atoms with E-state index in [0.717, 1.165) is 27.9 Å². The van der Waals surface area contributed by atoms with E-state index in [9.17, 15) is 0 Å². The number of nitrogens with zero attached hydrogens (tertiary/aromatic N) is 2. The number of fused-ring (bicyclic) bond motifs is 1. The highest BCUT2D eigenvalue weighted by Gasteiger charge is 2.12. The number of aryl methyl sites for hydroxylation is 1. The van der Waals surface area contributed by atoms with E-state index in [2.05, 4.69) is 4.98 Å². The van der Waals surface area contributed by atoms with E-state index >= 15 is 0 Å².